The van der Waals surface area contributed by atoms with Gasteiger partial charge in [0.25, 0.3) is 5.91 Å². The number of benzene rings is 1. The number of amides is 1. The van der Waals surface area contributed by atoms with Crippen molar-refractivity contribution in [3.63, 3.8) is 0 Å². The Morgan fingerprint density at radius 2 is 1.81 bits per heavy atom. The molecule has 9 heteroatoms. The second-order valence-electron chi connectivity index (χ2n) is 7.41. The first-order valence-corrected chi connectivity index (χ1v) is 12.4. The highest BCUT2D eigenvalue weighted by Crippen LogP contribution is 2.26. The van der Waals surface area contributed by atoms with Crippen LogP contribution in [-0.2, 0) is 9.84 Å². The van der Waals surface area contributed by atoms with Crippen molar-refractivity contribution < 1.29 is 22.0 Å². The van der Waals surface area contributed by atoms with E-state index >= 15 is 0 Å². The molecule has 1 unspecified atom stereocenters. The van der Waals surface area contributed by atoms with E-state index in [0.29, 0.717) is 6.54 Å². The van der Waals surface area contributed by atoms with E-state index in [9.17, 15) is 13.2 Å². The third kappa shape index (κ3) is 4.94. The third-order valence-corrected chi connectivity index (χ3v) is 7.52. The Morgan fingerprint density at radius 1 is 1.06 bits per heavy atom. The zero-order valence-electron chi connectivity index (χ0n) is 16.8. The number of likely N-dealkylation sites (tertiary alicyclic amines) is 1. The van der Waals surface area contributed by atoms with Crippen molar-refractivity contribution in [2.75, 3.05) is 19.6 Å². The highest BCUT2D eigenvalue weighted by molar-refractivity contribution is 9.10. The normalized spacial score (nSPS) is 16.2. The van der Waals surface area contributed by atoms with Gasteiger partial charge in [-0.3, -0.25) is 9.69 Å². The third-order valence-electron chi connectivity index (χ3n) is 5.35. The number of carbonyl (C=O) groups is 1. The molecule has 31 heavy (non-hydrogen) atoms. The number of rotatable bonds is 7. The first kappa shape index (κ1) is 21.9. The van der Waals surface area contributed by atoms with Crippen molar-refractivity contribution in [2.24, 2.45) is 0 Å². The summed E-state index contributed by atoms with van der Waals surface area (Å²) in [6, 6.07) is 12.6. The molecule has 3 heterocycles. The van der Waals surface area contributed by atoms with E-state index in [0.717, 1.165) is 36.2 Å². The lowest BCUT2D eigenvalue weighted by molar-refractivity contribution is 0.0882. The Hall–Kier alpha value is -2.36. The molecule has 0 aliphatic carbocycles. The number of hydrogen-bond acceptors (Lipinski definition) is 6. The maximum absolute atomic E-state index is 12.7. The van der Waals surface area contributed by atoms with Crippen LogP contribution in [0.1, 0.15) is 41.6 Å². The Bertz CT molecular complexity index is 1120. The van der Waals surface area contributed by atoms with E-state index in [1.807, 2.05) is 12.1 Å². The van der Waals surface area contributed by atoms with Crippen LogP contribution >= 0.6 is 15.9 Å². The molecule has 1 N–H and O–H groups in total. The lowest BCUT2D eigenvalue weighted by Crippen LogP contribution is -2.40. The SMILES string of the molecule is O=C(NCC(c1ccco1)N1CCCCC1)c1ccc(S(=O)(=O)c2ccc(Br)cc2)o1. The molecular formula is C22H23BrN2O5S. The summed E-state index contributed by atoms with van der Waals surface area (Å²) in [5, 5.41) is 2.60. The fourth-order valence-electron chi connectivity index (χ4n) is 3.71. The second kappa shape index (κ2) is 9.42. The number of halogens is 1. The van der Waals surface area contributed by atoms with Crippen molar-refractivity contribution in [2.45, 2.75) is 35.3 Å². The fourth-order valence-corrected chi connectivity index (χ4v) is 5.15. The van der Waals surface area contributed by atoms with E-state index in [-0.39, 0.29) is 21.8 Å². The summed E-state index contributed by atoms with van der Waals surface area (Å²) >= 11 is 3.28. The molecule has 7 nitrogen and oxygen atoms in total. The first-order valence-electron chi connectivity index (χ1n) is 10.1. The molecule has 1 aliphatic heterocycles. The molecular weight excluding hydrogens is 484 g/mol. The molecule has 1 aromatic carbocycles. The number of nitrogens with zero attached hydrogens (tertiary/aromatic N) is 1. The van der Waals surface area contributed by atoms with Crippen molar-refractivity contribution in [3.8, 4) is 0 Å². The van der Waals surface area contributed by atoms with Gasteiger partial charge in [0.05, 0.1) is 17.2 Å². The standard InChI is InChI=1S/C22H23BrN2O5S/c23-16-6-8-17(9-7-16)31(27,28)21-11-10-20(30-21)22(26)24-15-18(19-5-4-14-29-19)25-12-2-1-3-13-25/h4-11,14,18H,1-3,12-13,15H2,(H,24,26). The Kier molecular flexibility index (Phi) is 6.64. The molecule has 0 bridgehead atoms. The highest BCUT2D eigenvalue weighted by Gasteiger charge is 2.27. The molecule has 1 atom stereocenters. The van der Waals surface area contributed by atoms with Gasteiger partial charge < -0.3 is 14.2 Å². The van der Waals surface area contributed by atoms with Gasteiger partial charge >= 0.3 is 0 Å². The molecule has 2 aromatic heterocycles. The van der Waals surface area contributed by atoms with Crippen molar-refractivity contribution in [3.05, 3.63) is 70.8 Å². The van der Waals surface area contributed by atoms with E-state index in [1.165, 1.54) is 30.7 Å². The van der Waals surface area contributed by atoms with E-state index in [4.69, 9.17) is 8.83 Å². The minimum atomic E-state index is -3.84. The van der Waals surface area contributed by atoms with Crippen LogP contribution in [0.15, 0.2) is 78.1 Å². The summed E-state index contributed by atoms with van der Waals surface area (Å²) in [5.41, 5.74) is 0. The molecule has 0 spiro atoms. The Morgan fingerprint density at radius 3 is 2.48 bits per heavy atom. The number of hydrogen-bond donors (Lipinski definition) is 1. The molecule has 3 aromatic rings. The molecule has 0 saturated carbocycles. The van der Waals surface area contributed by atoms with Crippen molar-refractivity contribution in [1.82, 2.24) is 10.2 Å². The van der Waals surface area contributed by atoms with Gasteiger partial charge in [0.1, 0.15) is 5.76 Å². The highest BCUT2D eigenvalue weighted by atomic mass is 79.9. The van der Waals surface area contributed by atoms with Crippen LogP contribution in [0.5, 0.6) is 0 Å². The largest absolute Gasteiger partial charge is 0.468 e. The monoisotopic (exact) mass is 506 g/mol. The second-order valence-corrected chi connectivity index (χ2v) is 10.2. The average Bonchev–Trinajstić information content (AvgIpc) is 3.48. The summed E-state index contributed by atoms with van der Waals surface area (Å²) in [4.78, 5) is 15.1. The maximum Gasteiger partial charge on any atom is 0.287 e. The zero-order valence-corrected chi connectivity index (χ0v) is 19.2. The van der Waals surface area contributed by atoms with Gasteiger partial charge in [-0.05, 0) is 74.5 Å². The number of nitrogens with one attached hydrogen (secondary N) is 1. The summed E-state index contributed by atoms with van der Waals surface area (Å²) in [7, 11) is -3.84. The number of furan rings is 2. The average molecular weight is 507 g/mol. The maximum atomic E-state index is 12.7. The lowest BCUT2D eigenvalue weighted by atomic mass is 10.1. The molecule has 1 amide bonds. The minimum Gasteiger partial charge on any atom is -0.468 e. The van der Waals surface area contributed by atoms with Crippen LogP contribution in [0.2, 0.25) is 0 Å². The van der Waals surface area contributed by atoms with Crippen molar-refractivity contribution >= 4 is 31.7 Å². The molecule has 164 valence electrons. The van der Waals surface area contributed by atoms with E-state index in [2.05, 4.69) is 26.1 Å². The summed E-state index contributed by atoms with van der Waals surface area (Å²) < 4.78 is 37.3. The van der Waals surface area contributed by atoms with Gasteiger partial charge in [-0.15, -0.1) is 0 Å². The van der Waals surface area contributed by atoms with Crippen molar-refractivity contribution in [1.29, 1.82) is 0 Å². The minimum absolute atomic E-state index is 0.0486. The number of piperidine rings is 1. The molecule has 1 aliphatic rings. The molecule has 4 rings (SSSR count). The van der Waals surface area contributed by atoms with E-state index < -0.39 is 15.7 Å². The summed E-state index contributed by atoms with van der Waals surface area (Å²) in [6.45, 7) is 2.22. The summed E-state index contributed by atoms with van der Waals surface area (Å²) in [6.07, 6.45) is 5.05. The fraction of sp³-hybridized carbons (Fsp3) is 0.318. The smallest absolute Gasteiger partial charge is 0.287 e. The Labute approximate surface area is 189 Å². The van der Waals surface area contributed by atoms with Gasteiger partial charge in [-0.1, -0.05) is 22.4 Å². The van der Waals surface area contributed by atoms with Gasteiger partial charge in [-0.25, -0.2) is 8.42 Å². The van der Waals surface area contributed by atoms with Crippen LogP contribution in [0.25, 0.3) is 0 Å². The quantitative estimate of drug-likeness (QED) is 0.509. The molecule has 1 fully saturated rings. The Balaban J connectivity index is 1.46. The predicted octanol–water partition coefficient (Wildman–Crippen LogP) is 4.42. The van der Waals surface area contributed by atoms with Crippen LogP contribution in [0.3, 0.4) is 0 Å². The predicted molar refractivity (Wildman–Crippen MR) is 118 cm³/mol. The van der Waals surface area contributed by atoms with Gasteiger partial charge in [0.2, 0.25) is 14.9 Å². The van der Waals surface area contributed by atoms with Gasteiger partial charge in [-0.2, -0.15) is 0 Å². The van der Waals surface area contributed by atoms with Gasteiger partial charge in [0, 0.05) is 11.0 Å². The van der Waals surface area contributed by atoms with Crippen LogP contribution in [-0.4, -0.2) is 38.9 Å². The van der Waals surface area contributed by atoms with Crippen LogP contribution < -0.4 is 5.32 Å². The van der Waals surface area contributed by atoms with Gasteiger partial charge in [0.15, 0.2) is 5.76 Å². The molecule has 1 saturated heterocycles. The lowest BCUT2D eigenvalue weighted by Gasteiger charge is -2.33. The number of carbonyl (C=O) groups excluding carboxylic acids is 1. The topological polar surface area (TPSA) is 92.8 Å². The number of sulfone groups is 1. The first-order chi connectivity index (χ1) is 14.9. The van der Waals surface area contributed by atoms with E-state index in [1.54, 1.807) is 18.4 Å². The van der Waals surface area contributed by atoms with Crippen LogP contribution in [0.4, 0.5) is 0 Å². The zero-order chi connectivity index (χ0) is 21.8. The summed E-state index contributed by atoms with van der Waals surface area (Å²) in [5.74, 6) is 0.276. The van der Waals surface area contributed by atoms with Crippen LogP contribution in [0, 0.1) is 0 Å². The molecule has 0 radical (unpaired) electrons.